The average molecular weight is 405 g/mol. The van der Waals surface area contributed by atoms with Crippen LogP contribution in [0.3, 0.4) is 0 Å². The molecule has 2 rings (SSSR count). The van der Waals surface area contributed by atoms with Gasteiger partial charge in [0.2, 0.25) is 0 Å². The van der Waals surface area contributed by atoms with E-state index in [4.69, 9.17) is 4.74 Å². The van der Waals surface area contributed by atoms with E-state index in [1.54, 1.807) is 12.1 Å². The zero-order valence-electron chi connectivity index (χ0n) is 9.98. The van der Waals surface area contributed by atoms with Crippen molar-refractivity contribution in [3.8, 4) is 5.75 Å². The molecule has 2 aromatic carbocycles. The minimum Gasteiger partial charge on any atom is -0.489 e. The summed E-state index contributed by atoms with van der Waals surface area (Å²) in [5.74, 6) is 0.0885. The third-order valence-corrected chi connectivity index (χ3v) is 4.06. The van der Waals surface area contributed by atoms with E-state index in [9.17, 15) is 14.5 Å². The Labute approximate surface area is 131 Å². The Bertz CT molecular complexity index is 664. The SMILES string of the molecule is O=[N+]([O-])c1cccc(COc2ccc(F)c(Br)c2)c1Br. The van der Waals surface area contributed by atoms with E-state index in [1.807, 2.05) is 0 Å². The van der Waals surface area contributed by atoms with E-state index in [0.29, 0.717) is 20.3 Å². The monoisotopic (exact) mass is 403 g/mol. The Hall–Kier alpha value is -1.47. The van der Waals surface area contributed by atoms with Crippen molar-refractivity contribution in [2.75, 3.05) is 0 Å². The van der Waals surface area contributed by atoms with Crippen molar-refractivity contribution >= 4 is 37.5 Å². The van der Waals surface area contributed by atoms with E-state index in [0.717, 1.165) is 0 Å². The molecule has 0 radical (unpaired) electrons. The summed E-state index contributed by atoms with van der Waals surface area (Å²) < 4.78 is 19.3. The molecule has 0 aliphatic heterocycles. The van der Waals surface area contributed by atoms with Crippen LogP contribution in [-0.2, 0) is 6.61 Å². The van der Waals surface area contributed by atoms with Crippen LogP contribution in [0.2, 0.25) is 0 Å². The van der Waals surface area contributed by atoms with Gasteiger partial charge in [0.25, 0.3) is 5.69 Å². The lowest BCUT2D eigenvalue weighted by atomic mass is 10.2. The maximum absolute atomic E-state index is 13.1. The second-order valence-electron chi connectivity index (χ2n) is 3.87. The van der Waals surface area contributed by atoms with Crippen molar-refractivity contribution in [1.29, 1.82) is 0 Å². The molecule has 0 bridgehead atoms. The first kappa shape index (κ1) is 14.9. The Morgan fingerprint density at radius 2 is 2.00 bits per heavy atom. The fourth-order valence-electron chi connectivity index (χ4n) is 1.55. The van der Waals surface area contributed by atoms with E-state index in [-0.39, 0.29) is 18.1 Å². The van der Waals surface area contributed by atoms with Crippen molar-refractivity contribution < 1.29 is 14.1 Å². The average Bonchev–Trinajstić information content (AvgIpc) is 2.41. The number of ether oxygens (including phenoxy) is 1. The smallest absolute Gasteiger partial charge is 0.283 e. The highest BCUT2D eigenvalue weighted by molar-refractivity contribution is 9.11. The molecule has 20 heavy (non-hydrogen) atoms. The maximum atomic E-state index is 13.1. The van der Waals surface area contributed by atoms with Crippen LogP contribution in [0.15, 0.2) is 45.3 Å². The summed E-state index contributed by atoms with van der Waals surface area (Å²) in [5.41, 5.74) is 0.617. The maximum Gasteiger partial charge on any atom is 0.283 e. The highest BCUT2D eigenvalue weighted by Crippen LogP contribution is 2.29. The quantitative estimate of drug-likeness (QED) is 0.541. The lowest BCUT2D eigenvalue weighted by Crippen LogP contribution is -1.99. The Balaban J connectivity index is 2.17. The number of rotatable bonds is 4. The standard InChI is InChI=1S/C13H8Br2FNO3/c14-10-6-9(4-5-11(10)16)20-7-8-2-1-3-12(13(8)15)17(18)19/h1-6H,7H2. The highest BCUT2D eigenvalue weighted by atomic mass is 79.9. The summed E-state index contributed by atoms with van der Waals surface area (Å²) in [6.07, 6.45) is 0. The molecule has 2 aromatic rings. The summed E-state index contributed by atoms with van der Waals surface area (Å²) in [6, 6.07) is 8.98. The van der Waals surface area contributed by atoms with Crippen molar-refractivity contribution in [2.24, 2.45) is 0 Å². The lowest BCUT2D eigenvalue weighted by Gasteiger charge is -2.08. The molecular weight excluding hydrogens is 397 g/mol. The summed E-state index contributed by atoms with van der Waals surface area (Å²) in [7, 11) is 0. The Morgan fingerprint density at radius 1 is 1.25 bits per heavy atom. The second kappa shape index (κ2) is 6.32. The number of benzene rings is 2. The summed E-state index contributed by atoms with van der Waals surface area (Å²) in [5, 5.41) is 10.8. The number of halogens is 3. The van der Waals surface area contributed by atoms with Crippen LogP contribution in [0.25, 0.3) is 0 Å². The van der Waals surface area contributed by atoms with Crippen LogP contribution in [0, 0.1) is 15.9 Å². The molecule has 104 valence electrons. The second-order valence-corrected chi connectivity index (χ2v) is 5.52. The van der Waals surface area contributed by atoms with E-state index >= 15 is 0 Å². The normalized spacial score (nSPS) is 10.3. The molecule has 0 aliphatic carbocycles. The van der Waals surface area contributed by atoms with Crippen LogP contribution in [0.4, 0.5) is 10.1 Å². The van der Waals surface area contributed by atoms with Gasteiger partial charge in [0.05, 0.1) is 9.40 Å². The lowest BCUT2D eigenvalue weighted by molar-refractivity contribution is -0.385. The molecule has 0 amide bonds. The van der Waals surface area contributed by atoms with Gasteiger partial charge in [-0.1, -0.05) is 12.1 Å². The third-order valence-electron chi connectivity index (χ3n) is 2.54. The van der Waals surface area contributed by atoms with Gasteiger partial charge >= 0.3 is 0 Å². The molecule has 0 saturated heterocycles. The first-order chi connectivity index (χ1) is 9.49. The zero-order chi connectivity index (χ0) is 14.7. The predicted molar refractivity (Wildman–Crippen MR) is 79.2 cm³/mol. The van der Waals surface area contributed by atoms with Gasteiger partial charge in [0.15, 0.2) is 0 Å². The van der Waals surface area contributed by atoms with Gasteiger partial charge in [0, 0.05) is 11.6 Å². The number of nitrogens with zero attached hydrogens (tertiary/aromatic N) is 1. The van der Waals surface area contributed by atoms with Crippen LogP contribution >= 0.6 is 31.9 Å². The number of nitro benzene ring substituents is 1. The molecule has 0 unspecified atom stereocenters. The van der Waals surface area contributed by atoms with Crippen LogP contribution in [0.1, 0.15) is 5.56 Å². The summed E-state index contributed by atoms with van der Waals surface area (Å²) in [6.45, 7) is 0.139. The number of hydrogen-bond donors (Lipinski definition) is 0. The molecule has 4 nitrogen and oxygen atoms in total. The van der Waals surface area contributed by atoms with Crippen molar-refractivity contribution in [3.05, 3.63) is 66.8 Å². The zero-order valence-corrected chi connectivity index (χ0v) is 13.1. The number of hydrogen-bond acceptors (Lipinski definition) is 3. The van der Waals surface area contributed by atoms with Crippen molar-refractivity contribution in [3.63, 3.8) is 0 Å². The van der Waals surface area contributed by atoms with Gasteiger partial charge in [-0.25, -0.2) is 4.39 Å². The number of nitro groups is 1. The van der Waals surface area contributed by atoms with E-state index in [1.165, 1.54) is 24.3 Å². The summed E-state index contributed by atoms with van der Waals surface area (Å²) >= 11 is 6.25. The van der Waals surface area contributed by atoms with Crippen LogP contribution in [-0.4, -0.2) is 4.92 Å². The van der Waals surface area contributed by atoms with E-state index < -0.39 is 4.92 Å². The molecule has 0 heterocycles. The molecular formula is C13H8Br2FNO3. The third kappa shape index (κ3) is 3.34. The van der Waals surface area contributed by atoms with Crippen molar-refractivity contribution in [1.82, 2.24) is 0 Å². The molecule has 0 atom stereocenters. The minimum atomic E-state index is -0.470. The Morgan fingerprint density at radius 3 is 2.65 bits per heavy atom. The van der Waals surface area contributed by atoms with Crippen LogP contribution < -0.4 is 4.74 Å². The molecule has 0 aromatic heterocycles. The molecule has 0 fully saturated rings. The Kier molecular flexibility index (Phi) is 4.72. The molecule has 0 spiro atoms. The predicted octanol–water partition coefficient (Wildman–Crippen LogP) is 4.84. The van der Waals surface area contributed by atoms with Crippen LogP contribution in [0.5, 0.6) is 5.75 Å². The van der Waals surface area contributed by atoms with Gasteiger partial charge in [-0.05, 0) is 50.1 Å². The van der Waals surface area contributed by atoms with E-state index in [2.05, 4.69) is 31.9 Å². The first-order valence-electron chi connectivity index (χ1n) is 5.48. The first-order valence-corrected chi connectivity index (χ1v) is 7.07. The minimum absolute atomic E-state index is 0.0219. The van der Waals surface area contributed by atoms with Gasteiger partial charge in [-0.2, -0.15) is 0 Å². The molecule has 0 aliphatic rings. The molecule has 7 heteroatoms. The van der Waals surface area contributed by atoms with Gasteiger partial charge in [0.1, 0.15) is 22.6 Å². The topological polar surface area (TPSA) is 52.4 Å². The highest BCUT2D eigenvalue weighted by Gasteiger charge is 2.15. The molecule has 0 saturated carbocycles. The van der Waals surface area contributed by atoms with Gasteiger partial charge < -0.3 is 4.74 Å². The largest absolute Gasteiger partial charge is 0.489 e. The van der Waals surface area contributed by atoms with Crippen molar-refractivity contribution in [2.45, 2.75) is 6.61 Å². The summed E-state index contributed by atoms with van der Waals surface area (Å²) in [4.78, 5) is 10.3. The van der Waals surface area contributed by atoms with Gasteiger partial charge in [-0.3, -0.25) is 10.1 Å². The van der Waals surface area contributed by atoms with Gasteiger partial charge in [-0.15, -0.1) is 0 Å². The fraction of sp³-hybridized carbons (Fsp3) is 0.0769. The molecule has 0 N–H and O–H groups in total. The fourth-order valence-corrected chi connectivity index (χ4v) is 2.43.